The molecule has 8 nitrogen and oxygen atoms in total. The van der Waals surface area contributed by atoms with Gasteiger partial charge in [-0.25, -0.2) is 9.97 Å². The number of nitrogens with zero attached hydrogens (tertiary/aromatic N) is 3. The van der Waals surface area contributed by atoms with Crippen molar-refractivity contribution in [3.8, 4) is 17.8 Å². The molecule has 0 atom stereocenters. The Morgan fingerprint density at radius 2 is 2.25 bits per heavy atom. The number of rotatable bonds is 6. The number of carbonyl (C=O) groups excluding carboxylic acids is 1. The van der Waals surface area contributed by atoms with E-state index in [1.807, 2.05) is 6.07 Å². The molecule has 0 aliphatic rings. The molecule has 2 aromatic heterocycles. The summed E-state index contributed by atoms with van der Waals surface area (Å²) in [5, 5.41) is 11.8. The van der Waals surface area contributed by atoms with Crippen LogP contribution in [0.2, 0.25) is 0 Å². The highest BCUT2D eigenvalue weighted by molar-refractivity contribution is 5.93. The van der Waals surface area contributed by atoms with Gasteiger partial charge in [0.05, 0.1) is 19.4 Å². The van der Waals surface area contributed by atoms with Gasteiger partial charge in [0.1, 0.15) is 17.3 Å². The second kappa shape index (κ2) is 7.78. The molecule has 24 heavy (non-hydrogen) atoms. The van der Waals surface area contributed by atoms with Crippen molar-refractivity contribution in [1.82, 2.24) is 15.3 Å². The minimum atomic E-state index is -0.428. The normalized spacial score (nSPS) is 9.88. The molecule has 0 spiro atoms. The number of ether oxygens (including phenoxy) is 2. The number of nitrogens with two attached hydrogens (primary N) is 1. The summed E-state index contributed by atoms with van der Waals surface area (Å²) in [6, 6.07) is 6.76. The molecule has 2 rings (SSSR count). The molecule has 0 aliphatic heterocycles. The van der Waals surface area contributed by atoms with Crippen LogP contribution in [0.25, 0.3) is 0 Å². The molecule has 8 heteroatoms. The Bertz CT molecular complexity index is 769. The molecular weight excluding hydrogens is 310 g/mol. The number of methoxy groups -OCH3 is 1. The van der Waals surface area contributed by atoms with Crippen molar-refractivity contribution < 1.29 is 14.3 Å². The largest absolute Gasteiger partial charge is 0.481 e. The maximum atomic E-state index is 12.2. The van der Waals surface area contributed by atoms with Crippen molar-refractivity contribution in [3.63, 3.8) is 0 Å². The van der Waals surface area contributed by atoms with E-state index in [9.17, 15) is 4.79 Å². The number of pyridine rings is 2. The fourth-order valence-electron chi connectivity index (χ4n) is 1.92. The Kier molecular flexibility index (Phi) is 5.52. The van der Waals surface area contributed by atoms with Gasteiger partial charge < -0.3 is 20.5 Å². The van der Waals surface area contributed by atoms with Crippen molar-refractivity contribution in [2.75, 3.05) is 19.5 Å². The number of nitrogens with one attached hydrogen (secondary N) is 1. The van der Waals surface area contributed by atoms with Crippen molar-refractivity contribution in [2.24, 2.45) is 0 Å². The third kappa shape index (κ3) is 3.89. The number of aromatic nitrogens is 2. The zero-order valence-corrected chi connectivity index (χ0v) is 13.4. The monoisotopic (exact) mass is 327 g/mol. The first-order valence-electron chi connectivity index (χ1n) is 7.19. The number of nitriles is 1. The number of anilines is 1. The van der Waals surface area contributed by atoms with Crippen LogP contribution in [0, 0.1) is 11.3 Å². The van der Waals surface area contributed by atoms with E-state index in [-0.39, 0.29) is 29.4 Å². The lowest BCUT2D eigenvalue weighted by molar-refractivity contribution is 0.0945. The molecule has 0 saturated heterocycles. The maximum Gasteiger partial charge on any atom is 0.270 e. The smallest absolute Gasteiger partial charge is 0.270 e. The third-order valence-electron chi connectivity index (χ3n) is 3.10. The number of hydrogen-bond donors (Lipinski definition) is 2. The van der Waals surface area contributed by atoms with Gasteiger partial charge in [-0.2, -0.15) is 5.26 Å². The van der Waals surface area contributed by atoms with Gasteiger partial charge >= 0.3 is 0 Å². The van der Waals surface area contributed by atoms with Gasteiger partial charge in [0.2, 0.25) is 11.8 Å². The molecule has 0 fully saturated rings. The van der Waals surface area contributed by atoms with E-state index in [2.05, 4.69) is 15.3 Å². The van der Waals surface area contributed by atoms with Gasteiger partial charge in [-0.3, -0.25) is 4.79 Å². The van der Waals surface area contributed by atoms with Crippen LogP contribution in [0.4, 0.5) is 5.69 Å². The SMILES string of the molecule is CCOc1nc(C(=O)NCc2ccc(OC)nc2)cc(N)c1C#N. The van der Waals surface area contributed by atoms with Crippen LogP contribution < -0.4 is 20.5 Å². The molecular formula is C16H17N5O3. The molecule has 1 amide bonds. The third-order valence-corrected chi connectivity index (χ3v) is 3.10. The van der Waals surface area contributed by atoms with E-state index in [1.54, 1.807) is 25.3 Å². The Balaban J connectivity index is 2.12. The summed E-state index contributed by atoms with van der Waals surface area (Å²) in [6.07, 6.45) is 1.60. The van der Waals surface area contributed by atoms with Crippen LogP contribution in [0.5, 0.6) is 11.8 Å². The standard InChI is InChI=1S/C16H17N5O3/c1-3-24-16-11(7-17)12(18)6-13(21-16)15(22)20-9-10-4-5-14(23-2)19-8-10/h4-6,8H,3,9H2,1-2H3,(H2,18,21)(H,20,22). The van der Waals surface area contributed by atoms with E-state index >= 15 is 0 Å². The molecule has 0 aliphatic carbocycles. The van der Waals surface area contributed by atoms with Crippen LogP contribution >= 0.6 is 0 Å². The van der Waals surface area contributed by atoms with E-state index in [1.165, 1.54) is 13.2 Å². The highest BCUT2D eigenvalue weighted by atomic mass is 16.5. The first-order valence-corrected chi connectivity index (χ1v) is 7.19. The average molecular weight is 327 g/mol. The summed E-state index contributed by atoms with van der Waals surface area (Å²) in [4.78, 5) is 20.4. The lowest BCUT2D eigenvalue weighted by atomic mass is 10.2. The van der Waals surface area contributed by atoms with E-state index in [0.29, 0.717) is 12.5 Å². The fourth-order valence-corrected chi connectivity index (χ4v) is 1.92. The van der Waals surface area contributed by atoms with Crippen LogP contribution in [0.15, 0.2) is 24.4 Å². The average Bonchev–Trinajstić information content (AvgIpc) is 2.60. The zero-order valence-electron chi connectivity index (χ0n) is 13.4. The highest BCUT2D eigenvalue weighted by Crippen LogP contribution is 2.22. The number of nitrogen functional groups attached to an aromatic ring is 1. The van der Waals surface area contributed by atoms with Crippen molar-refractivity contribution in [1.29, 1.82) is 5.26 Å². The molecule has 0 radical (unpaired) electrons. The summed E-state index contributed by atoms with van der Waals surface area (Å²) in [6.45, 7) is 2.33. The van der Waals surface area contributed by atoms with Gasteiger partial charge in [0.15, 0.2) is 0 Å². The Hall–Kier alpha value is -3.34. The Morgan fingerprint density at radius 3 is 2.83 bits per heavy atom. The summed E-state index contributed by atoms with van der Waals surface area (Å²) in [5.41, 5.74) is 6.94. The molecule has 2 aromatic rings. The summed E-state index contributed by atoms with van der Waals surface area (Å²) >= 11 is 0. The molecule has 3 N–H and O–H groups in total. The minimum absolute atomic E-state index is 0.0521. The first kappa shape index (κ1) is 17.0. The predicted octanol–water partition coefficient (Wildman–Crippen LogP) is 1.27. The van der Waals surface area contributed by atoms with Gasteiger partial charge in [-0.05, 0) is 18.6 Å². The van der Waals surface area contributed by atoms with E-state index in [0.717, 1.165) is 5.56 Å². The molecule has 0 aromatic carbocycles. The first-order chi connectivity index (χ1) is 11.6. The van der Waals surface area contributed by atoms with Crippen molar-refractivity contribution in [2.45, 2.75) is 13.5 Å². The van der Waals surface area contributed by atoms with Crippen molar-refractivity contribution >= 4 is 11.6 Å². The quantitative estimate of drug-likeness (QED) is 0.818. The second-order valence-electron chi connectivity index (χ2n) is 4.71. The number of hydrogen-bond acceptors (Lipinski definition) is 7. The minimum Gasteiger partial charge on any atom is -0.481 e. The van der Waals surface area contributed by atoms with E-state index in [4.69, 9.17) is 20.5 Å². The van der Waals surface area contributed by atoms with E-state index < -0.39 is 5.91 Å². The molecule has 0 unspecified atom stereocenters. The zero-order chi connectivity index (χ0) is 17.5. The number of carbonyl (C=O) groups is 1. The Morgan fingerprint density at radius 1 is 1.46 bits per heavy atom. The molecule has 2 heterocycles. The second-order valence-corrected chi connectivity index (χ2v) is 4.71. The maximum absolute atomic E-state index is 12.2. The molecule has 0 bridgehead atoms. The Labute approximate surface area is 139 Å². The lowest BCUT2D eigenvalue weighted by Crippen LogP contribution is -2.24. The lowest BCUT2D eigenvalue weighted by Gasteiger charge is -2.10. The van der Waals surface area contributed by atoms with Gasteiger partial charge in [0, 0.05) is 18.8 Å². The van der Waals surface area contributed by atoms with Crippen LogP contribution in [0.1, 0.15) is 28.5 Å². The van der Waals surface area contributed by atoms with Crippen LogP contribution in [-0.2, 0) is 6.54 Å². The van der Waals surface area contributed by atoms with Crippen LogP contribution in [0.3, 0.4) is 0 Å². The predicted molar refractivity (Wildman–Crippen MR) is 86.5 cm³/mol. The summed E-state index contributed by atoms with van der Waals surface area (Å²) in [7, 11) is 1.53. The van der Waals surface area contributed by atoms with Gasteiger partial charge in [0.25, 0.3) is 5.91 Å². The van der Waals surface area contributed by atoms with Gasteiger partial charge in [-0.1, -0.05) is 6.07 Å². The van der Waals surface area contributed by atoms with Crippen LogP contribution in [-0.4, -0.2) is 29.6 Å². The van der Waals surface area contributed by atoms with Crippen molar-refractivity contribution in [3.05, 3.63) is 41.2 Å². The van der Waals surface area contributed by atoms with Gasteiger partial charge in [-0.15, -0.1) is 0 Å². The topological polar surface area (TPSA) is 123 Å². The molecule has 0 saturated carbocycles. The highest BCUT2D eigenvalue weighted by Gasteiger charge is 2.16. The summed E-state index contributed by atoms with van der Waals surface area (Å²) in [5.74, 6) is 0.118. The molecule has 124 valence electrons. The fraction of sp³-hybridized carbons (Fsp3) is 0.250. The number of amides is 1. The summed E-state index contributed by atoms with van der Waals surface area (Å²) < 4.78 is 10.2.